The summed E-state index contributed by atoms with van der Waals surface area (Å²) < 4.78 is 0. The Hall–Kier alpha value is -1.32. The topological polar surface area (TPSA) is 58.2 Å². The zero-order valence-electron chi connectivity index (χ0n) is 11.7. The summed E-state index contributed by atoms with van der Waals surface area (Å²) in [6.45, 7) is 0. The van der Waals surface area contributed by atoms with Crippen LogP contribution >= 0.6 is 0 Å². The Morgan fingerprint density at radius 2 is 1.75 bits per heavy atom. The number of carbonyl (C=O) groups is 2. The van der Waals surface area contributed by atoms with Crippen LogP contribution in [0.4, 0.5) is 0 Å². The van der Waals surface area contributed by atoms with Crippen LogP contribution in [-0.4, -0.2) is 17.9 Å². The minimum absolute atomic E-state index is 0.0782. The van der Waals surface area contributed by atoms with Gasteiger partial charge in [-0.25, -0.2) is 0 Å². The lowest BCUT2D eigenvalue weighted by molar-refractivity contribution is -0.148. The highest BCUT2D eigenvalue weighted by Crippen LogP contribution is 2.60. The van der Waals surface area contributed by atoms with Gasteiger partial charge in [-0.05, 0) is 68.9 Å². The second-order valence-electron chi connectivity index (χ2n) is 7.37. The number of amides is 2. The Morgan fingerprint density at radius 3 is 2.30 bits per heavy atom. The van der Waals surface area contributed by atoms with Crippen LogP contribution in [0.2, 0.25) is 0 Å². The average Bonchev–Trinajstić information content (AvgIpc) is 2.40. The van der Waals surface area contributed by atoms with Crippen LogP contribution < -0.4 is 10.6 Å². The van der Waals surface area contributed by atoms with E-state index in [0.717, 1.165) is 37.0 Å². The highest BCUT2D eigenvalue weighted by atomic mass is 16.2. The van der Waals surface area contributed by atoms with E-state index in [4.69, 9.17) is 0 Å². The molecule has 0 saturated heterocycles. The first kappa shape index (κ1) is 12.4. The van der Waals surface area contributed by atoms with Crippen LogP contribution in [0.15, 0.2) is 12.3 Å². The molecule has 1 unspecified atom stereocenters. The predicted molar refractivity (Wildman–Crippen MR) is 74.4 cm³/mol. The van der Waals surface area contributed by atoms with Gasteiger partial charge >= 0.3 is 0 Å². The molecule has 108 valence electrons. The van der Waals surface area contributed by atoms with Crippen molar-refractivity contribution >= 4 is 11.8 Å². The normalized spacial score (nSPS) is 45.3. The maximum atomic E-state index is 12.8. The maximum Gasteiger partial charge on any atom is 0.246 e. The minimum Gasteiger partial charge on any atom is -0.344 e. The molecular weight excluding hydrogens is 252 g/mol. The maximum absolute atomic E-state index is 12.8. The van der Waals surface area contributed by atoms with Gasteiger partial charge < -0.3 is 10.6 Å². The minimum atomic E-state index is -0.375. The lowest BCUT2D eigenvalue weighted by atomic mass is 9.49. The zero-order valence-corrected chi connectivity index (χ0v) is 11.7. The Kier molecular flexibility index (Phi) is 2.69. The molecule has 0 aromatic rings. The molecule has 1 heterocycles. The molecule has 4 bridgehead atoms. The summed E-state index contributed by atoms with van der Waals surface area (Å²) in [7, 11) is 0. The molecule has 5 rings (SSSR count). The SMILES string of the molecule is O=C1NC=CCC1NC(=O)C12CC3CC(CC(C3)C1)C2. The van der Waals surface area contributed by atoms with Gasteiger partial charge in [0.15, 0.2) is 0 Å². The number of rotatable bonds is 2. The van der Waals surface area contributed by atoms with Gasteiger partial charge in [0.05, 0.1) is 0 Å². The Labute approximate surface area is 119 Å². The van der Waals surface area contributed by atoms with E-state index in [0.29, 0.717) is 6.42 Å². The first-order valence-electron chi connectivity index (χ1n) is 7.91. The van der Waals surface area contributed by atoms with Crippen LogP contribution in [0.5, 0.6) is 0 Å². The molecule has 2 N–H and O–H groups in total. The van der Waals surface area contributed by atoms with Gasteiger partial charge in [-0.1, -0.05) is 6.08 Å². The molecule has 4 aliphatic carbocycles. The summed E-state index contributed by atoms with van der Waals surface area (Å²) in [6, 6.07) is -0.375. The van der Waals surface area contributed by atoms with Crippen LogP contribution in [0, 0.1) is 23.2 Å². The standard InChI is InChI=1S/C16H22N2O2/c19-14-13(2-1-3-17-14)18-15(20)16-7-10-4-11(8-16)6-12(5-10)9-16/h1,3,10-13H,2,4-9H2,(H,17,19)(H,18,20). The van der Waals surface area contributed by atoms with Crippen molar-refractivity contribution in [3.05, 3.63) is 12.3 Å². The number of hydrogen-bond donors (Lipinski definition) is 2. The van der Waals surface area contributed by atoms with E-state index in [9.17, 15) is 9.59 Å². The number of nitrogens with one attached hydrogen (secondary N) is 2. The van der Waals surface area contributed by atoms with Crippen molar-refractivity contribution in [3.63, 3.8) is 0 Å². The number of hydrogen-bond acceptors (Lipinski definition) is 2. The van der Waals surface area contributed by atoms with E-state index >= 15 is 0 Å². The molecule has 4 nitrogen and oxygen atoms in total. The smallest absolute Gasteiger partial charge is 0.246 e. The Bertz CT molecular complexity index is 448. The average molecular weight is 274 g/mol. The molecule has 4 heteroatoms. The molecule has 2 amide bonds. The third-order valence-corrected chi connectivity index (χ3v) is 5.86. The van der Waals surface area contributed by atoms with E-state index < -0.39 is 0 Å². The third kappa shape index (κ3) is 1.88. The van der Waals surface area contributed by atoms with Crippen LogP contribution in [0.1, 0.15) is 44.9 Å². The van der Waals surface area contributed by atoms with Crippen molar-refractivity contribution in [3.8, 4) is 0 Å². The summed E-state index contributed by atoms with van der Waals surface area (Å²) in [6.07, 6.45) is 11.3. The fourth-order valence-corrected chi connectivity index (χ4v) is 5.38. The van der Waals surface area contributed by atoms with Crippen molar-refractivity contribution in [2.24, 2.45) is 23.2 Å². The van der Waals surface area contributed by atoms with Gasteiger partial charge in [-0.15, -0.1) is 0 Å². The Balaban J connectivity index is 1.51. The first-order chi connectivity index (χ1) is 9.64. The number of carbonyl (C=O) groups excluding carboxylic acids is 2. The molecule has 1 aliphatic heterocycles. The quantitative estimate of drug-likeness (QED) is 0.805. The summed E-state index contributed by atoms with van der Waals surface area (Å²) in [5.41, 5.74) is -0.157. The highest BCUT2D eigenvalue weighted by molar-refractivity contribution is 5.91. The monoisotopic (exact) mass is 274 g/mol. The predicted octanol–water partition coefficient (Wildman–Crippen LogP) is 1.72. The molecule has 0 aromatic carbocycles. The molecule has 1 atom stereocenters. The molecule has 5 aliphatic rings. The van der Waals surface area contributed by atoms with Gasteiger partial charge in [0, 0.05) is 5.41 Å². The highest BCUT2D eigenvalue weighted by Gasteiger charge is 2.54. The summed E-state index contributed by atoms with van der Waals surface area (Å²) >= 11 is 0. The zero-order chi connectivity index (χ0) is 13.7. The van der Waals surface area contributed by atoms with Crippen molar-refractivity contribution in [2.45, 2.75) is 51.0 Å². The lowest BCUT2D eigenvalue weighted by Crippen LogP contribution is -2.57. The van der Waals surface area contributed by atoms with Crippen molar-refractivity contribution in [1.82, 2.24) is 10.6 Å². The molecule has 4 fully saturated rings. The largest absolute Gasteiger partial charge is 0.344 e. The molecule has 0 radical (unpaired) electrons. The Morgan fingerprint density at radius 1 is 1.15 bits per heavy atom. The van der Waals surface area contributed by atoms with Crippen molar-refractivity contribution in [2.75, 3.05) is 0 Å². The molecular formula is C16H22N2O2. The van der Waals surface area contributed by atoms with Crippen LogP contribution in [0.25, 0.3) is 0 Å². The fraction of sp³-hybridized carbons (Fsp3) is 0.750. The van der Waals surface area contributed by atoms with Gasteiger partial charge in [-0.3, -0.25) is 9.59 Å². The van der Waals surface area contributed by atoms with E-state index in [1.165, 1.54) is 19.3 Å². The summed E-state index contributed by atoms with van der Waals surface area (Å²) in [5.74, 6) is 2.34. The van der Waals surface area contributed by atoms with Crippen LogP contribution in [-0.2, 0) is 9.59 Å². The van der Waals surface area contributed by atoms with Crippen molar-refractivity contribution in [1.29, 1.82) is 0 Å². The van der Waals surface area contributed by atoms with Crippen molar-refractivity contribution < 1.29 is 9.59 Å². The van der Waals surface area contributed by atoms with E-state index in [-0.39, 0.29) is 23.3 Å². The van der Waals surface area contributed by atoms with E-state index in [1.807, 2.05) is 6.08 Å². The van der Waals surface area contributed by atoms with E-state index in [2.05, 4.69) is 10.6 Å². The van der Waals surface area contributed by atoms with E-state index in [1.54, 1.807) is 6.20 Å². The third-order valence-electron chi connectivity index (χ3n) is 5.86. The van der Waals surface area contributed by atoms with Gasteiger partial charge in [0.2, 0.25) is 11.8 Å². The summed E-state index contributed by atoms with van der Waals surface area (Å²) in [5, 5.41) is 5.70. The molecule has 20 heavy (non-hydrogen) atoms. The first-order valence-corrected chi connectivity index (χ1v) is 7.91. The second-order valence-corrected chi connectivity index (χ2v) is 7.37. The second kappa shape index (κ2) is 4.34. The molecule has 4 saturated carbocycles. The molecule has 0 spiro atoms. The van der Waals surface area contributed by atoms with Gasteiger partial charge in [0.25, 0.3) is 0 Å². The van der Waals surface area contributed by atoms with Gasteiger partial charge in [0.1, 0.15) is 6.04 Å². The lowest BCUT2D eigenvalue weighted by Gasteiger charge is -2.55. The van der Waals surface area contributed by atoms with Gasteiger partial charge in [-0.2, -0.15) is 0 Å². The molecule has 0 aromatic heterocycles. The van der Waals surface area contributed by atoms with Crippen LogP contribution in [0.3, 0.4) is 0 Å². The fourth-order valence-electron chi connectivity index (χ4n) is 5.38. The summed E-state index contributed by atoms with van der Waals surface area (Å²) in [4.78, 5) is 24.6.